The van der Waals surface area contributed by atoms with Crippen molar-refractivity contribution in [2.45, 2.75) is 111 Å². The quantitative estimate of drug-likeness (QED) is 0.291. The average Bonchev–Trinajstić information content (AvgIpc) is 3.99. The molecule has 4 fully saturated rings. The minimum absolute atomic E-state index is 0.389. The number of hydrogen-bond acceptors (Lipinski definition) is 11. The van der Waals surface area contributed by atoms with Gasteiger partial charge >= 0.3 is 28.4 Å². The van der Waals surface area contributed by atoms with Gasteiger partial charge in [0.05, 0.1) is 0 Å². The Kier molecular flexibility index (Phi) is 28.7. The molecule has 11 nitrogen and oxygen atoms in total. The Bertz CT molecular complexity index is 930. The molecule has 4 aliphatic rings. The van der Waals surface area contributed by atoms with E-state index in [-0.39, 0.29) is 0 Å². The highest BCUT2D eigenvalue weighted by molar-refractivity contribution is 7.17. The van der Waals surface area contributed by atoms with Crippen LogP contribution in [0.1, 0.15) is 86.5 Å². The summed E-state index contributed by atoms with van der Waals surface area (Å²) in [5, 5.41) is 6.10. The topological polar surface area (TPSA) is 62.9 Å². The van der Waals surface area contributed by atoms with Crippen molar-refractivity contribution < 1.29 is 0 Å². The summed E-state index contributed by atoms with van der Waals surface area (Å²) < 4.78 is 0. The summed E-state index contributed by atoms with van der Waals surface area (Å²) in [7, 11) is 21.6. The van der Waals surface area contributed by atoms with Gasteiger partial charge in [0.2, 0.25) is 0 Å². The van der Waals surface area contributed by atoms with Crippen LogP contribution in [0.25, 0.3) is 0 Å². The van der Waals surface area contributed by atoms with E-state index in [9.17, 15) is 0 Å². The fraction of sp³-hybridized carbons (Fsp3) is 0.868. The van der Waals surface area contributed by atoms with Crippen LogP contribution in [0.3, 0.4) is 0 Å². The number of rotatable bonds is 13. The van der Waals surface area contributed by atoms with Crippen LogP contribution in [-0.4, -0.2) is 207 Å². The summed E-state index contributed by atoms with van der Waals surface area (Å²) in [6, 6.07) is 5.52. The first-order valence-corrected chi connectivity index (χ1v) is 22.0. The number of hydrogen-bond donors (Lipinski definition) is 2. The first kappa shape index (κ1) is 52.2. The van der Waals surface area contributed by atoms with E-state index in [0.717, 1.165) is 13.1 Å². The first-order valence-electron chi connectivity index (χ1n) is 22.0. The molecule has 0 atom stereocenters. The van der Waals surface area contributed by atoms with Crippen LogP contribution < -0.4 is 15.9 Å². The van der Waals surface area contributed by atoms with Crippen LogP contribution in [0.15, 0.2) is 24.5 Å². The molecule has 0 saturated carbocycles. The molecule has 0 amide bonds. The zero-order chi connectivity index (χ0) is 41.3. The van der Waals surface area contributed by atoms with E-state index < -0.39 is 0 Å². The molecule has 0 bridgehead atoms. The Morgan fingerprint density at radius 1 is 0.655 bits per heavy atom. The molecule has 4 aliphatic heterocycles. The molecule has 311 valence electrons. The second-order valence-corrected chi connectivity index (χ2v) is 17.3. The SMILES string of the molecule is BN(C(C)C)C(C)C.C1CCN(B(N2CCCC2)N2CCCC2)C1.CCB(CC)c1cccnc1.CN(C)B(B(N(C)C)N(C)C)N(C)C.[B]1NCCCN1. The number of nitrogens with one attached hydrogen (secondary N) is 2. The zero-order valence-electron chi connectivity index (χ0n) is 38.9. The van der Waals surface area contributed by atoms with Crippen molar-refractivity contribution in [1.82, 2.24) is 53.9 Å². The standard InChI is InChI=1S/C12H24BN3.C9H14BN.C8H24B2N4.C6H16BN.C3H8BN2/c1-2-8-14(7-1)13(15-9-3-4-10-15)16-11-5-6-12-16;1-3-10(4-2)9-6-5-7-11-8-9;1-11(2)9(12(3)4)10(13(5)6)14(7)8;1-5(2)8(7)6(3)4;1-2-5-4-6-3-1/h1-12H2;5-8H,3-4H2,1-2H3;1-8H3;5-6H,7H2,1-4H3;5-6H,1-3H2. The van der Waals surface area contributed by atoms with Gasteiger partial charge in [0.15, 0.2) is 14.7 Å². The maximum atomic E-state index is 4.10. The molecule has 0 unspecified atom stereocenters. The lowest BCUT2D eigenvalue weighted by Gasteiger charge is -2.37. The average molecular weight is 762 g/mol. The van der Waals surface area contributed by atoms with Crippen molar-refractivity contribution in [3.05, 3.63) is 24.5 Å². The normalized spacial score (nSPS) is 17.7. The van der Waals surface area contributed by atoms with E-state index in [1.54, 1.807) is 0 Å². The molecule has 1 radical (unpaired) electrons. The highest BCUT2D eigenvalue weighted by atomic mass is 15.4. The number of pyridine rings is 1. The zero-order valence-corrected chi connectivity index (χ0v) is 38.9. The van der Waals surface area contributed by atoms with E-state index >= 15 is 0 Å². The molecular weight excluding hydrogens is 675 g/mol. The van der Waals surface area contributed by atoms with Crippen LogP contribution in [0.5, 0.6) is 0 Å². The maximum absolute atomic E-state index is 4.10. The third kappa shape index (κ3) is 20.6. The van der Waals surface area contributed by atoms with Crippen LogP contribution in [0, 0.1) is 0 Å². The molecule has 5 heterocycles. The number of nitrogens with zero attached hydrogens (tertiary/aromatic N) is 9. The van der Waals surface area contributed by atoms with E-state index in [2.05, 4.69) is 166 Å². The molecule has 5 rings (SSSR count). The van der Waals surface area contributed by atoms with Gasteiger partial charge in [-0.2, -0.15) is 0 Å². The molecule has 55 heavy (non-hydrogen) atoms. The van der Waals surface area contributed by atoms with E-state index in [4.69, 9.17) is 0 Å². The largest absolute Gasteiger partial charge is 0.403 e. The Morgan fingerprint density at radius 3 is 1.22 bits per heavy atom. The van der Waals surface area contributed by atoms with Crippen molar-refractivity contribution in [3.8, 4) is 0 Å². The smallest absolute Gasteiger partial charge is 0.346 e. The molecule has 0 aromatic carbocycles. The van der Waals surface area contributed by atoms with Gasteiger partial charge < -0.3 is 48.9 Å². The molecular formula is C38H86B6N11. The lowest BCUT2D eigenvalue weighted by molar-refractivity contribution is 0.320. The summed E-state index contributed by atoms with van der Waals surface area (Å²) >= 11 is 0. The molecule has 17 heteroatoms. The van der Waals surface area contributed by atoms with Crippen molar-refractivity contribution >= 4 is 48.6 Å². The van der Waals surface area contributed by atoms with Crippen LogP contribution in [0.2, 0.25) is 12.6 Å². The van der Waals surface area contributed by atoms with Crippen molar-refractivity contribution in [2.24, 2.45) is 0 Å². The summed E-state index contributed by atoms with van der Waals surface area (Å²) in [4.78, 5) is 23.6. The van der Waals surface area contributed by atoms with E-state index in [1.807, 2.05) is 26.0 Å². The molecule has 1 aromatic heterocycles. The molecule has 1 aromatic rings. The van der Waals surface area contributed by atoms with Gasteiger partial charge in [0, 0.05) is 12.4 Å². The number of aromatic nitrogens is 1. The molecule has 0 spiro atoms. The van der Waals surface area contributed by atoms with Gasteiger partial charge in [-0.15, -0.1) is 0 Å². The minimum atomic E-state index is 0.389. The lowest BCUT2D eigenvalue weighted by atomic mass is 9.31. The third-order valence-corrected chi connectivity index (χ3v) is 11.4. The summed E-state index contributed by atoms with van der Waals surface area (Å²) in [5.74, 6) is 0. The predicted octanol–water partition coefficient (Wildman–Crippen LogP) is 2.13. The maximum Gasteiger partial charge on any atom is 0.403 e. The van der Waals surface area contributed by atoms with Gasteiger partial charge in [-0.05, 0) is 172 Å². The third-order valence-electron chi connectivity index (χ3n) is 11.4. The summed E-state index contributed by atoms with van der Waals surface area (Å²) in [6.07, 6.45) is 16.0. The van der Waals surface area contributed by atoms with Crippen molar-refractivity contribution in [3.63, 3.8) is 0 Å². The second-order valence-electron chi connectivity index (χ2n) is 17.3. The fourth-order valence-corrected chi connectivity index (χ4v) is 8.08. The van der Waals surface area contributed by atoms with Crippen LogP contribution >= 0.6 is 0 Å². The predicted molar refractivity (Wildman–Crippen MR) is 252 cm³/mol. The summed E-state index contributed by atoms with van der Waals surface area (Å²) in [5.41, 5.74) is 1.37. The molecule has 4 saturated heterocycles. The lowest BCUT2D eigenvalue weighted by Crippen LogP contribution is -2.67. The van der Waals surface area contributed by atoms with Gasteiger partial charge in [-0.3, -0.25) is 4.98 Å². The molecule has 0 aliphatic carbocycles. The van der Waals surface area contributed by atoms with Crippen LogP contribution in [-0.2, 0) is 0 Å². The monoisotopic (exact) mass is 763 g/mol. The first-order chi connectivity index (χ1) is 26.2. The van der Waals surface area contributed by atoms with Crippen molar-refractivity contribution in [2.75, 3.05) is 109 Å². The van der Waals surface area contributed by atoms with Gasteiger partial charge in [-0.1, -0.05) is 65.7 Å². The van der Waals surface area contributed by atoms with E-state index in [1.165, 1.54) is 102 Å². The highest BCUT2D eigenvalue weighted by Gasteiger charge is 2.40. The van der Waals surface area contributed by atoms with Gasteiger partial charge in [-0.25, -0.2) is 0 Å². The minimum Gasteiger partial charge on any atom is -0.346 e. The summed E-state index contributed by atoms with van der Waals surface area (Å²) in [6.45, 7) is 25.0. The Labute approximate surface area is 346 Å². The van der Waals surface area contributed by atoms with Crippen LogP contribution in [0.4, 0.5) is 0 Å². The second kappa shape index (κ2) is 30.2. The van der Waals surface area contributed by atoms with Crippen molar-refractivity contribution in [1.29, 1.82) is 0 Å². The Balaban J connectivity index is 0.000000357. The fourth-order valence-electron chi connectivity index (χ4n) is 8.08. The Morgan fingerprint density at radius 2 is 1.02 bits per heavy atom. The molecule has 2 N–H and O–H groups in total. The van der Waals surface area contributed by atoms with Gasteiger partial charge in [0.25, 0.3) is 0 Å². The van der Waals surface area contributed by atoms with Gasteiger partial charge in [0.1, 0.15) is 0 Å². The van der Waals surface area contributed by atoms with E-state index in [0.29, 0.717) is 39.7 Å². The Hall–Kier alpha value is -0.860. The highest BCUT2D eigenvalue weighted by Crippen LogP contribution is 2.22.